The molecule has 2 aromatic carbocycles. The van der Waals surface area contributed by atoms with Crippen LogP contribution in [0.25, 0.3) is 11.1 Å². The van der Waals surface area contributed by atoms with Crippen LogP contribution >= 0.6 is 0 Å². The summed E-state index contributed by atoms with van der Waals surface area (Å²) < 4.78 is 0. The van der Waals surface area contributed by atoms with Crippen molar-refractivity contribution in [1.29, 1.82) is 0 Å². The van der Waals surface area contributed by atoms with Gasteiger partial charge in [0, 0.05) is 5.92 Å². The molecule has 0 bridgehead atoms. The third-order valence-electron chi connectivity index (χ3n) is 8.56. The summed E-state index contributed by atoms with van der Waals surface area (Å²) in [5.74, 6) is 3.42. The molecule has 1 saturated carbocycles. The lowest BCUT2D eigenvalue weighted by Crippen LogP contribution is -2.23. The van der Waals surface area contributed by atoms with Crippen LogP contribution in [0.2, 0.25) is 0 Å². The van der Waals surface area contributed by atoms with E-state index in [-0.39, 0.29) is 0 Å². The molecule has 0 heteroatoms. The Balaban J connectivity index is 1.28. The monoisotopic (exact) mass is 442 g/mol. The molecule has 0 aliphatic heterocycles. The van der Waals surface area contributed by atoms with Gasteiger partial charge in [-0.2, -0.15) is 0 Å². The Bertz CT molecular complexity index is 833. The third-order valence-corrected chi connectivity index (χ3v) is 8.56. The fraction of sp³-hybridized carbons (Fsp3) is 0.576. The molecule has 2 aromatic rings. The summed E-state index contributed by atoms with van der Waals surface area (Å²) in [7, 11) is 0. The summed E-state index contributed by atoms with van der Waals surface area (Å²) in [5.41, 5.74) is 5.65. The van der Waals surface area contributed by atoms with Crippen LogP contribution in [0.1, 0.15) is 108 Å². The van der Waals surface area contributed by atoms with Gasteiger partial charge < -0.3 is 0 Å². The highest BCUT2D eigenvalue weighted by atomic mass is 14.3. The minimum absolute atomic E-state index is 0.608. The van der Waals surface area contributed by atoms with Crippen molar-refractivity contribution < 1.29 is 0 Å². The van der Waals surface area contributed by atoms with Crippen LogP contribution in [0, 0.1) is 17.8 Å². The normalized spacial score (nSPS) is 25.3. The number of hydrogen-bond donors (Lipinski definition) is 0. The van der Waals surface area contributed by atoms with E-state index in [1.807, 2.05) is 0 Å². The minimum Gasteiger partial charge on any atom is -0.0845 e. The Kier molecular flexibility index (Phi) is 9.27. The van der Waals surface area contributed by atoms with E-state index < -0.39 is 0 Å². The molecule has 2 aliphatic carbocycles. The van der Waals surface area contributed by atoms with Gasteiger partial charge in [0.1, 0.15) is 0 Å². The lowest BCUT2D eigenvalue weighted by atomic mass is 9.70. The van der Waals surface area contributed by atoms with Crippen molar-refractivity contribution in [3.8, 4) is 11.1 Å². The zero-order chi connectivity index (χ0) is 22.9. The fourth-order valence-corrected chi connectivity index (χ4v) is 6.28. The Morgan fingerprint density at radius 3 is 1.91 bits per heavy atom. The third kappa shape index (κ3) is 6.84. The first-order valence-electron chi connectivity index (χ1n) is 14.1. The molecule has 0 nitrogen and oxygen atoms in total. The van der Waals surface area contributed by atoms with Gasteiger partial charge in [-0.3, -0.25) is 0 Å². The van der Waals surface area contributed by atoms with E-state index in [2.05, 4.69) is 74.5 Å². The number of hydrogen-bond acceptors (Lipinski definition) is 0. The molecule has 0 amide bonds. The zero-order valence-electron chi connectivity index (χ0n) is 21.3. The molecule has 2 aliphatic rings. The molecule has 0 saturated heterocycles. The minimum atomic E-state index is 0.608. The van der Waals surface area contributed by atoms with Gasteiger partial charge in [-0.25, -0.2) is 0 Å². The molecule has 1 fully saturated rings. The lowest BCUT2D eigenvalue weighted by molar-refractivity contribution is 0.207. The topological polar surface area (TPSA) is 0 Å². The standard InChI is InChI=1S/C33H46/c1-3-5-7-9-27-12-16-29(17-13-27)31-20-24-33(25-21-31)32-22-18-30(19-23-32)28-14-10-26(11-15-28)8-6-4-2/h12-13,16-18,20-22,24-26,28,30,32H,3-11,14-15,19,23H2,1-2H3. The van der Waals surface area contributed by atoms with Gasteiger partial charge in [0.05, 0.1) is 0 Å². The number of benzene rings is 2. The number of aryl methyl sites for hydroxylation is 1. The second kappa shape index (κ2) is 12.6. The highest BCUT2D eigenvalue weighted by Gasteiger charge is 2.28. The van der Waals surface area contributed by atoms with Crippen LogP contribution in [0.5, 0.6) is 0 Å². The average Bonchev–Trinajstić information content (AvgIpc) is 2.89. The highest BCUT2D eigenvalue weighted by Crippen LogP contribution is 2.41. The van der Waals surface area contributed by atoms with Crippen LogP contribution in [0.4, 0.5) is 0 Å². The zero-order valence-corrected chi connectivity index (χ0v) is 21.3. The first-order valence-corrected chi connectivity index (χ1v) is 14.1. The number of allylic oxidation sites excluding steroid dienone is 2. The Labute approximate surface area is 203 Å². The molecular weight excluding hydrogens is 396 g/mol. The summed E-state index contributed by atoms with van der Waals surface area (Å²) in [6, 6.07) is 18.7. The van der Waals surface area contributed by atoms with Gasteiger partial charge in [0.25, 0.3) is 0 Å². The van der Waals surface area contributed by atoms with Crippen molar-refractivity contribution >= 4 is 0 Å². The molecule has 178 valence electrons. The maximum Gasteiger partial charge on any atom is 0.00182 e. The van der Waals surface area contributed by atoms with Crippen LogP contribution in [0.3, 0.4) is 0 Å². The maximum absolute atomic E-state index is 2.59. The van der Waals surface area contributed by atoms with Gasteiger partial charge in [-0.1, -0.05) is 119 Å². The van der Waals surface area contributed by atoms with Gasteiger partial charge in [0.2, 0.25) is 0 Å². The summed E-state index contributed by atoms with van der Waals surface area (Å²) in [6.45, 7) is 4.60. The van der Waals surface area contributed by atoms with Gasteiger partial charge in [-0.05, 0) is 78.5 Å². The van der Waals surface area contributed by atoms with Crippen molar-refractivity contribution in [2.75, 3.05) is 0 Å². The van der Waals surface area contributed by atoms with E-state index >= 15 is 0 Å². The largest absolute Gasteiger partial charge is 0.0845 e. The van der Waals surface area contributed by atoms with Gasteiger partial charge in [-0.15, -0.1) is 0 Å². The van der Waals surface area contributed by atoms with Crippen LogP contribution in [0.15, 0.2) is 60.7 Å². The summed E-state index contributed by atoms with van der Waals surface area (Å²) in [6.07, 6.45) is 23.2. The number of rotatable bonds is 10. The second-order valence-corrected chi connectivity index (χ2v) is 10.9. The SMILES string of the molecule is CCCCCc1ccc(-c2ccc(C3C=CC(C4CCC(CCCC)CC4)CC3)cc2)cc1. The molecule has 0 spiro atoms. The van der Waals surface area contributed by atoms with Crippen molar-refractivity contribution in [1.82, 2.24) is 0 Å². The van der Waals surface area contributed by atoms with Crippen molar-refractivity contribution in [2.24, 2.45) is 17.8 Å². The quantitative estimate of drug-likeness (QED) is 0.253. The van der Waals surface area contributed by atoms with Crippen molar-refractivity contribution in [3.05, 3.63) is 71.8 Å². The Morgan fingerprint density at radius 2 is 1.30 bits per heavy atom. The molecule has 0 heterocycles. The maximum atomic E-state index is 2.59. The first kappa shape index (κ1) is 24.3. The lowest BCUT2D eigenvalue weighted by Gasteiger charge is -2.35. The van der Waals surface area contributed by atoms with E-state index in [0.717, 1.165) is 17.8 Å². The van der Waals surface area contributed by atoms with E-state index in [9.17, 15) is 0 Å². The fourth-order valence-electron chi connectivity index (χ4n) is 6.28. The van der Waals surface area contributed by atoms with Crippen LogP contribution < -0.4 is 0 Å². The predicted molar refractivity (Wildman–Crippen MR) is 145 cm³/mol. The number of unbranched alkanes of at least 4 members (excludes halogenated alkanes) is 3. The first-order chi connectivity index (χ1) is 16.3. The van der Waals surface area contributed by atoms with Crippen molar-refractivity contribution in [2.45, 2.75) is 103 Å². The summed E-state index contributed by atoms with van der Waals surface area (Å²) in [4.78, 5) is 0. The molecule has 4 rings (SSSR count). The molecule has 0 N–H and O–H groups in total. The summed E-state index contributed by atoms with van der Waals surface area (Å²) in [5, 5.41) is 0. The van der Waals surface area contributed by atoms with Crippen LogP contribution in [-0.4, -0.2) is 0 Å². The molecule has 0 radical (unpaired) electrons. The predicted octanol–water partition coefficient (Wildman–Crippen LogP) is 10.1. The van der Waals surface area contributed by atoms with Crippen LogP contribution in [-0.2, 0) is 6.42 Å². The van der Waals surface area contributed by atoms with E-state index in [4.69, 9.17) is 0 Å². The smallest absolute Gasteiger partial charge is 0.00182 e. The second-order valence-electron chi connectivity index (χ2n) is 10.9. The molecule has 33 heavy (non-hydrogen) atoms. The summed E-state index contributed by atoms with van der Waals surface area (Å²) >= 11 is 0. The van der Waals surface area contributed by atoms with Gasteiger partial charge >= 0.3 is 0 Å². The molecule has 0 aromatic heterocycles. The van der Waals surface area contributed by atoms with Crippen molar-refractivity contribution in [3.63, 3.8) is 0 Å². The Morgan fingerprint density at radius 1 is 0.636 bits per heavy atom. The van der Waals surface area contributed by atoms with E-state index in [1.165, 1.54) is 106 Å². The highest BCUT2D eigenvalue weighted by molar-refractivity contribution is 5.64. The Hall–Kier alpha value is -1.82. The average molecular weight is 443 g/mol. The van der Waals surface area contributed by atoms with E-state index in [0.29, 0.717) is 5.92 Å². The molecular formula is C33H46. The van der Waals surface area contributed by atoms with E-state index in [1.54, 1.807) is 0 Å². The van der Waals surface area contributed by atoms with Gasteiger partial charge in [0.15, 0.2) is 0 Å². The molecule has 2 atom stereocenters. The molecule has 2 unspecified atom stereocenters.